The van der Waals surface area contributed by atoms with Gasteiger partial charge in [-0.1, -0.05) is 0 Å². The van der Waals surface area contributed by atoms with Crippen molar-refractivity contribution < 1.29 is 8.42 Å². The van der Waals surface area contributed by atoms with Crippen LogP contribution in [0.4, 0.5) is 5.69 Å². The molecule has 4 nitrogen and oxygen atoms in total. The second kappa shape index (κ2) is 4.01. The van der Waals surface area contributed by atoms with Crippen LogP contribution in [0.25, 0.3) is 0 Å². The Morgan fingerprint density at radius 3 is 2.62 bits per heavy atom. The zero-order valence-electron chi connectivity index (χ0n) is 8.85. The van der Waals surface area contributed by atoms with Gasteiger partial charge in [-0.25, -0.2) is 8.42 Å². The third-order valence-corrected chi connectivity index (χ3v) is 5.58. The summed E-state index contributed by atoms with van der Waals surface area (Å²) in [5.41, 5.74) is 6.06. The SMILES string of the molecule is CN(C1CC1)S(=O)(=O)c1cc(N)ccc1Br. The molecule has 0 aromatic heterocycles. The lowest BCUT2D eigenvalue weighted by Gasteiger charge is -2.17. The van der Waals surface area contributed by atoms with Crippen molar-refractivity contribution in [1.29, 1.82) is 0 Å². The molecule has 1 aromatic rings. The summed E-state index contributed by atoms with van der Waals surface area (Å²) in [7, 11) is -1.81. The monoisotopic (exact) mass is 304 g/mol. The number of anilines is 1. The van der Waals surface area contributed by atoms with Crippen molar-refractivity contribution in [3.8, 4) is 0 Å². The van der Waals surface area contributed by atoms with Crippen LogP contribution in [0, 0.1) is 0 Å². The number of hydrogen-bond acceptors (Lipinski definition) is 3. The maximum Gasteiger partial charge on any atom is 0.244 e. The van der Waals surface area contributed by atoms with Crippen molar-refractivity contribution in [3.05, 3.63) is 22.7 Å². The minimum atomic E-state index is -3.42. The van der Waals surface area contributed by atoms with Crippen molar-refractivity contribution in [2.45, 2.75) is 23.8 Å². The first-order valence-corrected chi connectivity index (χ1v) is 7.19. The molecule has 0 atom stereocenters. The maximum absolute atomic E-state index is 12.2. The molecule has 2 N–H and O–H groups in total. The molecule has 1 saturated carbocycles. The number of sulfonamides is 1. The quantitative estimate of drug-likeness (QED) is 0.866. The Balaban J connectivity index is 2.45. The van der Waals surface area contributed by atoms with Crippen LogP contribution in [0.5, 0.6) is 0 Å². The van der Waals surface area contributed by atoms with Crippen LogP contribution < -0.4 is 5.73 Å². The summed E-state index contributed by atoms with van der Waals surface area (Å²) < 4.78 is 26.4. The fourth-order valence-corrected chi connectivity index (χ4v) is 3.88. The normalized spacial score (nSPS) is 16.7. The molecule has 0 heterocycles. The fourth-order valence-electron chi connectivity index (χ4n) is 1.51. The number of nitrogens with two attached hydrogens (primary N) is 1. The van der Waals surface area contributed by atoms with E-state index in [9.17, 15) is 8.42 Å². The van der Waals surface area contributed by atoms with E-state index in [1.54, 1.807) is 19.2 Å². The molecule has 6 heteroatoms. The number of benzene rings is 1. The zero-order chi connectivity index (χ0) is 11.9. The van der Waals surface area contributed by atoms with E-state index in [1.807, 2.05) is 0 Å². The van der Waals surface area contributed by atoms with Gasteiger partial charge >= 0.3 is 0 Å². The highest BCUT2D eigenvalue weighted by Gasteiger charge is 2.35. The third-order valence-electron chi connectivity index (χ3n) is 2.67. The minimum absolute atomic E-state index is 0.151. The topological polar surface area (TPSA) is 63.4 Å². The average Bonchev–Trinajstić information content (AvgIpc) is 3.04. The molecular weight excluding hydrogens is 292 g/mol. The van der Waals surface area contributed by atoms with E-state index in [-0.39, 0.29) is 10.9 Å². The lowest BCUT2D eigenvalue weighted by atomic mass is 10.3. The van der Waals surface area contributed by atoms with Gasteiger partial charge in [-0.15, -0.1) is 0 Å². The lowest BCUT2D eigenvalue weighted by molar-refractivity contribution is 0.464. The molecule has 0 aliphatic heterocycles. The second-order valence-corrected chi connectivity index (χ2v) is 6.76. The first-order valence-electron chi connectivity index (χ1n) is 4.96. The van der Waals surface area contributed by atoms with Gasteiger partial charge < -0.3 is 5.73 Å². The molecule has 1 aliphatic carbocycles. The molecule has 0 amide bonds. The molecule has 16 heavy (non-hydrogen) atoms. The van der Waals surface area contributed by atoms with Gasteiger partial charge in [-0.3, -0.25) is 0 Å². The Morgan fingerprint density at radius 1 is 1.44 bits per heavy atom. The fraction of sp³-hybridized carbons (Fsp3) is 0.400. The van der Waals surface area contributed by atoms with Crippen LogP contribution in [0.1, 0.15) is 12.8 Å². The smallest absolute Gasteiger partial charge is 0.244 e. The number of halogens is 1. The Labute approximate surface area is 104 Å². The maximum atomic E-state index is 12.2. The molecule has 88 valence electrons. The number of rotatable bonds is 3. The van der Waals surface area contributed by atoms with Crippen LogP contribution in [0.3, 0.4) is 0 Å². The Morgan fingerprint density at radius 2 is 2.06 bits per heavy atom. The summed E-state index contributed by atoms with van der Waals surface area (Å²) in [6.07, 6.45) is 1.88. The van der Waals surface area contributed by atoms with Crippen molar-refractivity contribution >= 4 is 31.6 Å². The van der Waals surface area contributed by atoms with E-state index in [0.29, 0.717) is 10.2 Å². The molecule has 0 bridgehead atoms. The van der Waals surface area contributed by atoms with Gasteiger partial charge in [0, 0.05) is 23.2 Å². The first kappa shape index (κ1) is 11.9. The predicted octanol–water partition coefficient (Wildman–Crippen LogP) is 1.81. The van der Waals surface area contributed by atoms with E-state index < -0.39 is 10.0 Å². The van der Waals surface area contributed by atoms with Gasteiger partial charge in [0.2, 0.25) is 10.0 Å². The second-order valence-electron chi connectivity index (χ2n) is 3.94. The summed E-state index contributed by atoms with van der Waals surface area (Å²) in [6, 6.07) is 4.96. The number of nitrogens with zero attached hydrogens (tertiary/aromatic N) is 1. The van der Waals surface area contributed by atoms with Gasteiger partial charge in [0.05, 0.1) is 4.90 Å². The third kappa shape index (κ3) is 2.09. The van der Waals surface area contributed by atoms with Crippen molar-refractivity contribution in [2.75, 3.05) is 12.8 Å². The Bertz CT molecular complexity index is 512. The zero-order valence-corrected chi connectivity index (χ0v) is 11.3. The molecule has 1 fully saturated rings. The van der Waals surface area contributed by atoms with Crippen molar-refractivity contribution in [3.63, 3.8) is 0 Å². The van der Waals surface area contributed by atoms with Crippen molar-refractivity contribution in [2.24, 2.45) is 0 Å². The average molecular weight is 305 g/mol. The van der Waals surface area contributed by atoms with Crippen LogP contribution >= 0.6 is 15.9 Å². The summed E-state index contributed by atoms with van der Waals surface area (Å²) >= 11 is 3.24. The molecule has 0 radical (unpaired) electrons. The molecule has 1 aliphatic rings. The lowest BCUT2D eigenvalue weighted by Crippen LogP contribution is -2.29. The van der Waals surface area contributed by atoms with E-state index in [0.717, 1.165) is 12.8 Å². The van der Waals surface area contributed by atoms with Crippen molar-refractivity contribution in [1.82, 2.24) is 4.31 Å². The number of nitrogen functional groups attached to an aromatic ring is 1. The van der Waals surface area contributed by atoms with Gasteiger partial charge in [0.25, 0.3) is 0 Å². The predicted molar refractivity (Wildman–Crippen MR) is 66.5 cm³/mol. The van der Waals surface area contributed by atoms with E-state index in [4.69, 9.17) is 5.73 Å². The highest BCUT2D eigenvalue weighted by atomic mass is 79.9. The summed E-state index contributed by atoms with van der Waals surface area (Å²) in [5.74, 6) is 0. The largest absolute Gasteiger partial charge is 0.399 e. The Kier molecular flexibility index (Phi) is 2.98. The van der Waals surface area contributed by atoms with E-state index in [1.165, 1.54) is 10.4 Å². The summed E-state index contributed by atoms with van der Waals surface area (Å²) in [4.78, 5) is 0.238. The molecule has 2 rings (SSSR count). The van der Waals surface area contributed by atoms with E-state index >= 15 is 0 Å². The highest BCUT2D eigenvalue weighted by Crippen LogP contribution is 2.33. The highest BCUT2D eigenvalue weighted by molar-refractivity contribution is 9.10. The van der Waals surface area contributed by atoms with Crippen LogP contribution in [0.2, 0.25) is 0 Å². The molecule has 1 aromatic carbocycles. The van der Waals surface area contributed by atoms with Crippen LogP contribution in [-0.2, 0) is 10.0 Å². The molecule has 0 unspecified atom stereocenters. The molecule has 0 saturated heterocycles. The Hall–Kier alpha value is -0.590. The van der Waals surface area contributed by atoms with Crippen LogP contribution in [-0.4, -0.2) is 25.8 Å². The van der Waals surface area contributed by atoms with Gasteiger partial charge in [0.15, 0.2) is 0 Å². The van der Waals surface area contributed by atoms with Crippen LogP contribution in [0.15, 0.2) is 27.6 Å². The summed E-state index contributed by atoms with van der Waals surface area (Å²) in [6.45, 7) is 0. The van der Waals surface area contributed by atoms with Gasteiger partial charge in [0.1, 0.15) is 0 Å². The molecule has 0 spiro atoms. The summed E-state index contributed by atoms with van der Waals surface area (Å²) in [5, 5.41) is 0. The van der Waals surface area contributed by atoms with Gasteiger partial charge in [-0.05, 0) is 47.0 Å². The number of hydrogen-bond donors (Lipinski definition) is 1. The molecular formula is C10H13BrN2O2S. The van der Waals surface area contributed by atoms with Gasteiger partial charge in [-0.2, -0.15) is 4.31 Å². The van der Waals surface area contributed by atoms with E-state index in [2.05, 4.69) is 15.9 Å². The standard InChI is InChI=1S/C10H13BrN2O2S/c1-13(8-3-4-8)16(14,15)10-6-7(12)2-5-9(10)11/h2,5-6,8H,3-4,12H2,1H3. The first-order chi connectivity index (χ1) is 7.43. The minimum Gasteiger partial charge on any atom is -0.399 e.